The number of nitrogens with zero attached hydrogens (tertiary/aromatic N) is 1. The molecular formula is C31H37ClN2O5S. The Kier molecular flexibility index (Phi) is 7.38. The summed E-state index contributed by atoms with van der Waals surface area (Å²) in [5, 5.41) is 11.0. The molecule has 2 bridgehead atoms. The average Bonchev–Trinajstić information content (AvgIpc) is 3.05. The van der Waals surface area contributed by atoms with Crippen molar-refractivity contribution in [2.75, 3.05) is 24.6 Å². The molecule has 2 heterocycles. The maximum atomic E-state index is 13.2. The van der Waals surface area contributed by atoms with Gasteiger partial charge in [0.1, 0.15) is 5.75 Å². The van der Waals surface area contributed by atoms with Crippen LogP contribution in [0.5, 0.6) is 5.75 Å². The number of ether oxygens (including phenoxy) is 1. The van der Waals surface area contributed by atoms with Crippen LogP contribution in [-0.2, 0) is 21.9 Å². The molecule has 0 radical (unpaired) electrons. The highest BCUT2D eigenvalue weighted by atomic mass is 35.5. The Hall–Kier alpha value is -2.55. The van der Waals surface area contributed by atoms with Gasteiger partial charge < -0.3 is 14.7 Å². The molecule has 2 aromatic rings. The van der Waals surface area contributed by atoms with Crippen molar-refractivity contribution in [2.45, 2.75) is 68.6 Å². The SMILES string of the molecule is C[C@@H]1C/C=C/C[C@H](O)[C@@H]2CC[C@H]2CN2C[C@@]3(CCCc4cc(Cl)ccc43)COc3ccc(cc32)C(=O)NS1(=O)=O. The lowest BCUT2D eigenvalue weighted by Crippen LogP contribution is -2.49. The van der Waals surface area contributed by atoms with Gasteiger partial charge in [0.2, 0.25) is 10.0 Å². The van der Waals surface area contributed by atoms with Crippen LogP contribution in [0, 0.1) is 11.8 Å². The third-order valence-electron chi connectivity index (χ3n) is 9.50. The summed E-state index contributed by atoms with van der Waals surface area (Å²) in [7, 11) is -3.88. The minimum absolute atomic E-state index is 0.172. The van der Waals surface area contributed by atoms with Crippen molar-refractivity contribution in [3.05, 3.63) is 70.3 Å². The molecule has 2 N–H and O–H groups in total. The maximum Gasteiger partial charge on any atom is 0.264 e. The summed E-state index contributed by atoms with van der Waals surface area (Å²) >= 11 is 6.37. The largest absolute Gasteiger partial charge is 0.490 e. The zero-order valence-corrected chi connectivity index (χ0v) is 24.4. The van der Waals surface area contributed by atoms with Crippen molar-refractivity contribution >= 4 is 33.2 Å². The number of hydrogen-bond donors (Lipinski definition) is 2. The van der Waals surface area contributed by atoms with Crippen molar-refractivity contribution in [3.8, 4) is 5.75 Å². The molecule has 0 unspecified atom stereocenters. The standard InChI is InChI=1S/C31H37ClN2O5S/c1-20-5-2-3-7-28(35)25-11-8-23(25)17-34-18-31(14-4-6-21-15-24(32)10-12-26(21)31)19-39-29-13-9-22(16-27(29)34)30(36)33-40(20,37)38/h2-3,9-10,12-13,15-16,20,23,25,28,35H,4-8,11,14,17-19H2,1H3,(H,33,36)/b3-2+/t20-,23+,25-,28+,31+/m1/s1. The molecule has 7 nitrogen and oxygen atoms in total. The van der Waals surface area contributed by atoms with E-state index in [9.17, 15) is 18.3 Å². The number of carbonyl (C=O) groups excluding carboxylic acids is 1. The quantitative estimate of drug-likeness (QED) is 0.423. The van der Waals surface area contributed by atoms with E-state index in [0.717, 1.165) is 49.4 Å². The van der Waals surface area contributed by atoms with Crippen LogP contribution >= 0.6 is 11.6 Å². The summed E-state index contributed by atoms with van der Waals surface area (Å²) in [4.78, 5) is 15.5. The summed E-state index contributed by atoms with van der Waals surface area (Å²) < 4.78 is 34.6. The molecule has 0 aromatic heterocycles. The molecule has 2 aliphatic carbocycles. The van der Waals surface area contributed by atoms with Gasteiger partial charge in [-0.1, -0.05) is 29.8 Å². The lowest BCUT2D eigenvalue weighted by atomic mass is 9.68. The second kappa shape index (κ2) is 10.7. The van der Waals surface area contributed by atoms with Crippen LogP contribution in [0.15, 0.2) is 48.6 Å². The number of anilines is 1. The third kappa shape index (κ3) is 5.14. The first-order valence-corrected chi connectivity index (χ1v) is 16.3. The first kappa shape index (κ1) is 27.6. The van der Waals surface area contributed by atoms with E-state index in [4.69, 9.17) is 16.3 Å². The molecule has 9 heteroatoms. The average molecular weight is 585 g/mol. The molecule has 1 fully saturated rings. The predicted molar refractivity (Wildman–Crippen MR) is 157 cm³/mol. The molecule has 1 spiro atoms. The Bertz CT molecular complexity index is 1440. The Balaban J connectivity index is 1.42. The number of fused-ring (bicyclic) bond motifs is 4. The molecule has 6 rings (SSSR count). The molecular weight excluding hydrogens is 548 g/mol. The number of sulfonamides is 1. The summed E-state index contributed by atoms with van der Waals surface area (Å²) in [6.07, 6.45) is 8.93. The number of amides is 1. The summed E-state index contributed by atoms with van der Waals surface area (Å²) in [5.74, 6) is 0.529. The van der Waals surface area contributed by atoms with Crippen molar-refractivity contribution < 1.29 is 23.1 Å². The van der Waals surface area contributed by atoms with Gasteiger partial charge in [0.05, 0.1) is 23.6 Å². The fraction of sp³-hybridized carbons (Fsp3) is 0.516. The van der Waals surface area contributed by atoms with Gasteiger partial charge in [0.15, 0.2) is 0 Å². The number of aliphatic hydroxyl groups excluding tert-OH is 1. The smallest absolute Gasteiger partial charge is 0.264 e. The van der Waals surface area contributed by atoms with Crippen molar-refractivity contribution in [1.29, 1.82) is 0 Å². The highest BCUT2D eigenvalue weighted by Crippen LogP contribution is 2.46. The number of nitrogens with one attached hydrogen (secondary N) is 1. The normalized spacial score (nSPS) is 32.5. The van der Waals surface area contributed by atoms with Crippen LogP contribution in [0.1, 0.15) is 66.9 Å². The molecule has 40 heavy (non-hydrogen) atoms. The maximum absolute atomic E-state index is 13.2. The summed E-state index contributed by atoms with van der Waals surface area (Å²) in [5.41, 5.74) is 3.34. The monoisotopic (exact) mass is 584 g/mol. The van der Waals surface area contributed by atoms with Crippen LogP contribution in [0.2, 0.25) is 5.02 Å². The summed E-state index contributed by atoms with van der Waals surface area (Å²) in [6, 6.07) is 11.4. The van der Waals surface area contributed by atoms with Crippen LogP contribution in [0.4, 0.5) is 5.69 Å². The predicted octanol–water partition coefficient (Wildman–Crippen LogP) is 5.00. The molecule has 2 aromatic carbocycles. The van der Waals surface area contributed by atoms with Crippen LogP contribution in [0.3, 0.4) is 0 Å². The van der Waals surface area contributed by atoms with E-state index in [1.165, 1.54) is 11.1 Å². The van der Waals surface area contributed by atoms with Gasteiger partial charge in [-0.05, 0) is 105 Å². The van der Waals surface area contributed by atoms with Gasteiger partial charge in [0.25, 0.3) is 5.91 Å². The van der Waals surface area contributed by atoms with Crippen LogP contribution in [0.25, 0.3) is 0 Å². The highest BCUT2D eigenvalue weighted by Gasteiger charge is 2.44. The van der Waals surface area contributed by atoms with Gasteiger partial charge in [-0.2, -0.15) is 0 Å². The van der Waals surface area contributed by atoms with Gasteiger partial charge in [-0.25, -0.2) is 13.1 Å². The number of benzene rings is 2. The molecule has 214 valence electrons. The molecule has 1 saturated carbocycles. The first-order chi connectivity index (χ1) is 19.1. The van der Waals surface area contributed by atoms with E-state index in [1.807, 2.05) is 12.1 Å². The van der Waals surface area contributed by atoms with E-state index >= 15 is 0 Å². The second-order valence-electron chi connectivity index (χ2n) is 12.1. The third-order valence-corrected chi connectivity index (χ3v) is 11.5. The zero-order valence-electron chi connectivity index (χ0n) is 22.8. The molecule has 0 saturated heterocycles. The molecule has 2 aliphatic heterocycles. The van der Waals surface area contributed by atoms with Crippen molar-refractivity contribution in [1.82, 2.24) is 4.72 Å². The van der Waals surface area contributed by atoms with E-state index < -0.39 is 27.3 Å². The van der Waals surface area contributed by atoms with Crippen LogP contribution < -0.4 is 14.4 Å². The summed E-state index contributed by atoms with van der Waals surface area (Å²) in [6.45, 7) is 3.52. The van der Waals surface area contributed by atoms with Gasteiger partial charge in [-0.3, -0.25) is 4.79 Å². The van der Waals surface area contributed by atoms with E-state index in [2.05, 4.69) is 21.8 Å². The lowest BCUT2D eigenvalue weighted by Gasteiger charge is -2.45. The molecule has 1 amide bonds. The number of carbonyl (C=O) groups is 1. The zero-order chi connectivity index (χ0) is 28.1. The van der Waals surface area contributed by atoms with Gasteiger partial charge in [0, 0.05) is 29.1 Å². The Morgan fingerprint density at radius 3 is 2.75 bits per heavy atom. The number of rotatable bonds is 0. The Labute approximate surface area is 241 Å². The lowest BCUT2D eigenvalue weighted by molar-refractivity contribution is 0.0177. The Morgan fingerprint density at radius 2 is 1.95 bits per heavy atom. The minimum atomic E-state index is -3.88. The number of halogens is 1. The topological polar surface area (TPSA) is 95.9 Å². The van der Waals surface area contributed by atoms with Gasteiger partial charge in [-0.15, -0.1) is 0 Å². The first-order valence-electron chi connectivity index (χ1n) is 14.3. The second-order valence-corrected chi connectivity index (χ2v) is 14.6. The Morgan fingerprint density at radius 1 is 1.12 bits per heavy atom. The van der Waals surface area contributed by atoms with Crippen molar-refractivity contribution in [3.63, 3.8) is 0 Å². The fourth-order valence-corrected chi connectivity index (χ4v) is 8.12. The van der Waals surface area contributed by atoms with E-state index in [-0.39, 0.29) is 23.3 Å². The van der Waals surface area contributed by atoms with Gasteiger partial charge >= 0.3 is 0 Å². The van der Waals surface area contributed by atoms with E-state index in [0.29, 0.717) is 31.2 Å². The van der Waals surface area contributed by atoms with Crippen molar-refractivity contribution in [2.24, 2.45) is 11.8 Å². The number of aliphatic hydroxyl groups is 1. The molecule has 5 atom stereocenters. The molecule has 4 aliphatic rings. The number of hydrogen-bond acceptors (Lipinski definition) is 6. The highest BCUT2D eigenvalue weighted by molar-refractivity contribution is 7.90. The van der Waals surface area contributed by atoms with E-state index in [1.54, 1.807) is 31.2 Å². The number of aryl methyl sites for hydroxylation is 1. The minimum Gasteiger partial charge on any atom is -0.490 e. The number of allylic oxidation sites excluding steroid dienone is 1. The fourth-order valence-electron chi connectivity index (χ4n) is 6.98. The van der Waals surface area contributed by atoms with Crippen LogP contribution in [-0.4, -0.2) is 50.5 Å².